The van der Waals surface area contributed by atoms with Gasteiger partial charge < -0.3 is 15.4 Å². The van der Waals surface area contributed by atoms with Gasteiger partial charge in [0.05, 0.1) is 18.9 Å². The zero-order valence-corrected chi connectivity index (χ0v) is 17.8. The number of aryl methyl sites for hydroxylation is 3. The van der Waals surface area contributed by atoms with E-state index in [2.05, 4.69) is 20.6 Å². The second-order valence-corrected chi connectivity index (χ2v) is 7.64. The lowest BCUT2D eigenvalue weighted by Crippen LogP contribution is -2.38. The van der Waals surface area contributed by atoms with Crippen LogP contribution >= 0.6 is 0 Å². The summed E-state index contributed by atoms with van der Waals surface area (Å²) in [6.45, 7) is 6.35. The molecule has 0 atom stereocenters. The number of nitrogens with zero attached hydrogens (tertiary/aromatic N) is 3. The van der Waals surface area contributed by atoms with Crippen molar-refractivity contribution < 1.29 is 14.3 Å². The molecule has 1 fully saturated rings. The van der Waals surface area contributed by atoms with Gasteiger partial charge in [-0.3, -0.25) is 19.2 Å². The molecule has 8 nitrogen and oxygen atoms in total. The van der Waals surface area contributed by atoms with Gasteiger partial charge in [-0.05, 0) is 36.6 Å². The lowest BCUT2D eigenvalue weighted by molar-refractivity contribution is -0.121. The Labute approximate surface area is 177 Å². The number of benzene rings is 1. The summed E-state index contributed by atoms with van der Waals surface area (Å²) >= 11 is 0. The SMILES string of the molecule is Cc1nn(C)cc1CCC(=O)NCc1cccc(NC(=O)CCN2CCOCC2)c1. The van der Waals surface area contributed by atoms with Crippen LogP contribution in [0.4, 0.5) is 5.69 Å². The van der Waals surface area contributed by atoms with Gasteiger partial charge in [0.25, 0.3) is 0 Å². The minimum atomic E-state index is -0.00508. The molecule has 0 bridgehead atoms. The Kier molecular flexibility index (Phi) is 7.98. The lowest BCUT2D eigenvalue weighted by atomic mass is 10.1. The molecule has 2 amide bonds. The highest BCUT2D eigenvalue weighted by atomic mass is 16.5. The number of carbonyl (C=O) groups is 2. The van der Waals surface area contributed by atoms with E-state index in [0.717, 1.165) is 55.4 Å². The molecule has 2 aromatic rings. The molecule has 0 spiro atoms. The van der Waals surface area contributed by atoms with Gasteiger partial charge in [-0.2, -0.15) is 5.10 Å². The number of rotatable bonds is 9. The van der Waals surface area contributed by atoms with Crippen molar-refractivity contribution in [3.63, 3.8) is 0 Å². The van der Waals surface area contributed by atoms with Crippen LogP contribution in [0.15, 0.2) is 30.5 Å². The van der Waals surface area contributed by atoms with E-state index in [1.807, 2.05) is 44.4 Å². The number of hydrogen-bond acceptors (Lipinski definition) is 5. The van der Waals surface area contributed by atoms with Gasteiger partial charge >= 0.3 is 0 Å². The van der Waals surface area contributed by atoms with Crippen LogP contribution in [0, 0.1) is 6.92 Å². The third kappa shape index (κ3) is 6.96. The number of ether oxygens (including phenoxy) is 1. The van der Waals surface area contributed by atoms with Gasteiger partial charge in [0, 0.05) is 58.0 Å². The quantitative estimate of drug-likeness (QED) is 0.653. The second kappa shape index (κ2) is 10.9. The third-order valence-electron chi connectivity index (χ3n) is 5.20. The Balaban J connectivity index is 1.40. The molecule has 0 unspecified atom stereocenters. The Hall–Kier alpha value is -2.71. The molecule has 2 heterocycles. The zero-order chi connectivity index (χ0) is 21.3. The van der Waals surface area contributed by atoms with Crippen molar-refractivity contribution in [3.05, 3.63) is 47.3 Å². The predicted octanol–water partition coefficient (Wildman–Crippen LogP) is 1.64. The van der Waals surface area contributed by atoms with E-state index in [1.54, 1.807) is 4.68 Å². The fourth-order valence-corrected chi connectivity index (χ4v) is 3.50. The van der Waals surface area contributed by atoms with E-state index in [-0.39, 0.29) is 11.8 Å². The van der Waals surface area contributed by atoms with Crippen molar-refractivity contribution >= 4 is 17.5 Å². The summed E-state index contributed by atoms with van der Waals surface area (Å²) < 4.78 is 7.09. The molecule has 1 saturated heterocycles. The van der Waals surface area contributed by atoms with Crippen LogP contribution in [-0.4, -0.2) is 59.3 Å². The monoisotopic (exact) mass is 413 g/mol. The minimum absolute atomic E-state index is 0.00166. The Morgan fingerprint density at radius 3 is 2.70 bits per heavy atom. The zero-order valence-electron chi connectivity index (χ0n) is 17.8. The van der Waals surface area contributed by atoms with Gasteiger partial charge in [-0.25, -0.2) is 0 Å². The van der Waals surface area contributed by atoms with Gasteiger partial charge in [-0.1, -0.05) is 12.1 Å². The summed E-state index contributed by atoms with van der Waals surface area (Å²) in [6.07, 6.45) is 3.50. The van der Waals surface area contributed by atoms with Gasteiger partial charge in [0.2, 0.25) is 11.8 Å². The molecule has 1 aliphatic rings. The number of anilines is 1. The normalized spacial score (nSPS) is 14.5. The Morgan fingerprint density at radius 1 is 1.17 bits per heavy atom. The van der Waals surface area contributed by atoms with Crippen LogP contribution in [0.5, 0.6) is 0 Å². The summed E-state index contributed by atoms with van der Waals surface area (Å²) in [6, 6.07) is 7.59. The van der Waals surface area contributed by atoms with Crippen molar-refractivity contribution in [1.82, 2.24) is 20.0 Å². The molecule has 1 aromatic carbocycles. The second-order valence-electron chi connectivity index (χ2n) is 7.64. The molecule has 0 aliphatic carbocycles. The number of aromatic nitrogens is 2. The Morgan fingerprint density at radius 2 is 1.97 bits per heavy atom. The molecule has 162 valence electrons. The van der Waals surface area contributed by atoms with E-state index in [0.29, 0.717) is 25.8 Å². The summed E-state index contributed by atoms with van der Waals surface area (Å²) in [5.41, 5.74) is 3.75. The number of nitrogens with one attached hydrogen (secondary N) is 2. The van der Waals surface area contributed by atoms with Crippen LogP contribution in [-0.2, 0) is 34.3 Å². The van der Waals surface area contributed by atoms with Crippen LogP contribution in [0.25, 0.3) is 0 Å². The van der Waals surface area contributed by atoms with Crippen LogP contribution in [0.2, 0.25) is 0 Å². The first kappa shape index (κ1) is 22.0. The lowest BCUT2D eigenvalue weighted by Gasteiger charge is -2.26. The molecular formula is C22H31N5O3. The topological polar surface area (TPSA) is 88.5 Å². The van der Waals surface area contributed by atoms with Crippen molar-refractivity contribution in [2.45, 2.75) is 32.7 Å². The minimum Gasteiger partial charge on any atom is -0.379 e. The van der Waals surface area contributed by atoms with Gasteiger partial charge in [0.1, 0.15) is 0 Å². The van der Waals surface area contributed by atoms with Gasteiger partial charge in [-0.15, -0.1) is 0 Å². The van der Waals surface area contributed by atoms with Gasteiger partial charge in [0.15, 0.2) is 0 Å². The molecule has 8 heteroatoms. The van der Waals surface area contributed by atoms with Crippen LogP contribution in [0.3, 0.4) is 0 Å². The maximum absolute atomic E-state index is 12.2. The summed E-state index contributed by atoms with van der Waals surface area (Å²) in [4.78, 5) is 26.7. The molecular weight excluding hydrogens is 382 g/mol. The van der Waals surface area contributed by atoms with Crippen molar-refractivity contribution in [3.8, 4) is 0 Å². The molecule has 0 radical (unpaired) electrons. The Bertz CT molecular complexity index is 858. The van der Waals surface area contributed by atoms with Crippen molar-refractivity contribution in [1.29, 1.82) is 0 Å². The van der Waals surface area contributed by atoms with E-state index in [4.69, 9.17) is 4.74 Å². The van der Waals surface area contributed by atoms with Crippen molar-refractivity contribution in [2.75, 3.05) is 38.2 Å². The highest BCUT2D eigenvalue weighted by Crippen LogP contribution is 2.12. The molecule has 30 heavy (non-hydrogen) atoms. The van der Waals surface area contributed by atoms with E-state index in [1.165, 1.54) is 0 Å². The summed E-state index contributed by atoms with van der Waals surface area (Å²) in [5.74, 6) is -0.00674. The fraction of sp³-hybridized carbons (Fsp3) is 0.500. The van der Waals surface area contributed by atoms with Crippen LogP contribution < -0.4 is 10.6 Å². The van der Waals surface area contributed by atoms with Crippen molar-refractivity contribution in [2.24, 2.45) is 7.05 Å². The number of carbonyl (C=O) groups excluding carboxylic acids is 2. The predicted molar refractivity (Wildman–Crippen MR) is 115 cm³/mol. The largest absolute Gasteiger partial charge is 0.379 e. The fourth-order valence-electron chi connectivity index (χ4n) is 3.50. The first-order valence-corrected chi connectivity index (χ1v) is 10.4. The standard InChI is InChI=1S/C22H31N5O3/c1-17-19(16-26(2)25-17)6-7-21(28)23-15-18-4-3-5-20(14-18)24-22(29)8-9-27-10-12-30-13-11-27/h3-5,14,16H,6-13,15H2,1-2H3,(H,23,28)(H,24,29). The highest BCUT2D eigenvalue weighted by Gasteiger charge is 2.12. The van der Waals surface area contributed by atoms with E-state index < -0.39 is 0 Å². The number of morpholine rings is 1. The first-order valence-electron chi connectivity index (χ1n) is 10.4. The van der Waals surface area contributed by atoms with E-state index in [9.17, 15) is 9.59 Å². The third-order valence-corrected chi connectivity index (χ3v) is 5.20. The smallest absolute Gasteiger partial charge is 0.225 e. The van der Waals surface area contributed by atoms with E-state index >= 15 is 0 Å². The summed E-state index contributed by atoms with van der Waals surface area (Å²) in [5, 5.41) is 10.2. The average molecular weight is 414 g/mol. The maximum Gasteiger partial charge on any atom is 0.225 e. The molecule has 1 aliphatic heterocycles. The summed E-state index contributed by atoms with van der Waals surface area (Å²) in [7, 11) is 1.88. The molecule has 1 aromatic heterocycles. The van der Waals surface area contributed by atoms with Crippen LogP contribution in [0.1, 0.15) is 29.7 Å². The number of hydrogen-bond donors (Lipinski definition) is 2. The average Bonchev–Trinajstić information content (AvgIpc) is 3.07. The molecule has 0 saturated carbocycles. The maximum atomic E-state index is 12.2. The first-order chi connectivity index (χ1) is 14.5. The molecule has 3 rings (SSSR count). The number of amides is 2. The highest BCUT2D eigenvalue weighted by molar-refractivity contribution is 5.90. The molecule has 2 N–H and O–H groups in total.